The average Bonchev–Trinajstić information content (AvgIpc) is 3.16. The second-order valence-electron chi connectivity index (χ2n) is 7.82. The molecule has 4 rings (SSSR count). The second-order valence-corrected chi connectivity index (χ2v) is 7.82. The number of likely N-dealkylation sites (N-methyl/N-ethyl adjacent to an activating group) is 1. The van der Waals surface area contributed by atoms with Crippen LogP contribution in [0.4, 0.5) is 11.5 Å². The molecule has 1 amide bonds. The van der Waals surface area contributed by atoms with Crippen molar-refractivity contribution in [3.05, 3.63) is 75.0 Å². The molecule has 0 radical (unpaired) electrons. The normalized spacial score (nSPS) is 14.9. The van der Waals surface area contributed by atoms with E-state index in [1.54, 1.807) is 33.2 Å². The molecule has 4 N–H and O–H groups in total. The van der Waals surface area contributed by atoms with Crippen molar-refractivity contribution in [3.63, 3.8) is 0 Å². The number of aryl methyl sites for hydroxylation is 3. The van der Waals surface area contributed by atoms with Gasteiger partial charge in [0.05, 0.1) is 18.2 Å². The number of anilines is 2. The molecule has 1 aliphatic carbocycles. The number of rotatable bonds is 5. The number of aromatic nitrogens is 3. The third kappa shape index (κ3) is 3.88. The van der Waals surface area contributed by atoms with Gasteiger partial charge in [-0.05, 0) is 49.4 Å². The molecule has 31 heavy (non-hydrogen) atoms. The van der Waals surface area contributed by atoms with Crippen LogP contribution in [0.3, 0.4) is 0 Å². The van der Waals surface area contributed by atoms with Crippen molar-refractivity contribution in [2.75, 3.05) is 18.1 Å². The third-order valence-corrected chi connectivity index (χ3v) is 5.75. The number of nitrogens with zero attached hydrogens (tertiary/aromatic N) is 3. The van der Waals surface area contributed by atoms with E-state index in [4.69, 9.17) is 5.73 Å². The van der Waals surface area contributed by atoms with Crippen LogP contribution in [0.15, 0.2) is 41.3 Å². The summed E-state index contributed by atoms with van der Waals surface area (Å²) in [5.41, 5.74) is 10.8. The minimum absolute atomic E-state index is 0.0366. The zero-order valence-electron chi connectivity index (χ0n) is 17.9. The molecule has 2 heterocycles. The highest BCUT2D eigenvalue weighted by atomic mass is 16.1. The molecule has 1 aliphatic rings. The van der Waals surface area contributed by atoms with Crippen LogP contribution in [0.5, 0.6) is 0 Å². The van der Waals surface area contributed by atoms with Gasteiger partial charge in [0.2, 0.25) is 5.91 Å². The molecule has 3 aromatic rings. The summed E-state index contributed by atoms with van der Waals surface area (Å²) in [6.07, 6.45) is 3.69. The molecule has 0 saturated heterocycles. The monoisotopic (exact) mass is 418 g/mol. The first kappa shape index (κ1) is 20.6. The molecule has 0 fully saturated rings. The van der Waals surface area contributed by atoms with Crippen molar-refractivity contribution in [2.24, 2.45) is 0 Å². The van der Waals surface area contributed by atoms with E-state index in [1.165, 1.54) is 15.7 Å². The number of carbonyl (C=O) groups excluding carboxylic acids is 1. The molecule has 0 saturated carbocycles. The number of hydrogen-bond donors (Lipinski definition) is 3. The lowest BCUT2D eigenvalue weighted by molar-refractivity contribution is -0.119. The van der Waals surface area contributed by atoms with Gasteiger partial charge in [-0.15, -0.1) is 0 Å². The van der Waals surface area contributed by atoms with E-state index >= 15 is 0 Å². The molecule has 160 valence electrons. The van der Waals surface area contributed by atoms with Crippen molar-refractivity contribution in [1.82, 2.24) is 19.9 Å². The molecular weight excluding hydrogens is 392 g/mol. The highest BCUT2D eigenvalue weighted by molar-refractivity contribution is 5.79. The number of nitrogen functional groups attached to an aromatic ring is 1. The number of nitrogens with one attached hydrogen (secondary N) is 2. The topological polar surface area (TPSA) is 115 Å². The number of benzene rings is 1. The van der Waals surface area contributed by atoms with Gasteiger partial charge < -0.3 is 16.4 Å². The van der Waals surface area contributed by atoms with Gasteiger partial charge >= 0.3 is 0 Å². The van der Waals surface area contributed by atoms with Crippen LogP contribution in [0, 0.1) is 13.8 Å². The Labute approximate surface area is 180 Å². The zero-order valence-corrected chi connectivity index (χ0v) is 17.9. The molecule has 0 spiro atoms. The van der Waals surface area contributed by atoms with Crippen molar-refractivity contribution in [2.45, 2.75) is 39.2 Å². The van der Waals surface area contributed by atoms with Gasteiger partial charge in [0, 0.05) is 24.6 Å². The Kier molecular flexibility index (Phi) is 5.46. The van der Waals surface area contributed by atoms with Crippen LogP contribution in [0.25, 0.3) is 5.82 Å². The lowest BCUT2D eigenvalue weighted by atomic mass is 10.1. The number of nitrogens with two attached hydrogens (primary N) is 1. The molecule has 2 aromatic heterocycles. The van der Waals surface area contributed by atoms with Crippen LogP contribution in [0.2, 0.25) is 0 Å². The number of fused-ring (bicyclic) bond motifs is 1. The Bertz CT molecular complexity index is 1220. The largest absolute Gasteiger partial charge is 0.396 e. The highest BCUT2D eigenvalue weighted by Gasteiger charge is 2.24. The molecular formula is C23H26N6O2. The SMILES string of the molecule is CNC(=O)Cc1cc(N)c(-n2c(C)cnc(NC3CCc4ccccc43)c2=O)nc1C. The maximum atomic E-state index is 13.3. The number of carbonyl (C=O) groups is 1. The molecule has 0 bridgehead atoms. The quantitative estimate of drug-likeness (QED) is 0.585. The fourth-order valence-corrected chi connectivity index (χ4v) is 4.04. The molecule has 8 nitrogen and oxygen atoms in total. The maximum Gasteiger partial charge on any atom is 0.299 e. The standard InChI is InChI=1S/C23H26N6O2/c1-13-12-26-21(28-19-9-8-15-6-4-5-7-17(15)19)23(31)29(13)22-18(24)10-16(14(2)27-22)11-20(30)25-3/h4-7,10,12,19H,8-9,11,24H2,1-3H3,(H,25,30)(H,26,28). The van der Waals surface area contributed by atoms with Gasteiger partial charge in [-0.2, -0.15) is 0 Å². The Morgan fingerprint density at radius 2 is 2.06 bits per heavy atom. The van der Waals surface area contributed by atoms with Crippen molar-refractivity contribution < 1.29 is 4.79 Å². The average molecular weight is 419 g/mol. The lowest BCUT2D eigenvalue weighted by Gasteiger charge is -2.18. The summed E-state index contributed by atoms with van der Waals surface area (Å²) in [6.45, 7) is 3.59. The Morgan fingerprint density at radius 1 is 1.29 bits per heavy atom. The highest BCUT2D eigenvalue weighted by Crippen LogP contribution is 2.32. The Balaban J connectivity index is 1.71. The third-order valence-electron chi connectivity index (χ3n) is 5.75. The summed E-state index contributed by atoms with van der Waals surface area (Å²) >= 11 is 0. The minimum atomic E-state index is -0.304. The van der Waals surface area contributed by atoms with Crippen LogP contribution in [-0.4, -0.2) is 27.5 Å². The van der Waals surface area contributed by atoms with E-state index in [9.17, 15) is 9.59 Å². The summed E-state index contributed by atoms with van der Waals surface area (Å²) in [5, 5.41) is 5.91. The Morgan fingerprint density at radius 3 is 2.84 bits per heavy atom. The smallest absolute Gasteiger partial charge is 0.299 e. The van der Waals surface area contributed by atoms with Gasteiger partial charge in [-0.1, -0.05) is 24.3 Å². The first-order valence-electron chi connectivity index (χ1n) is 10.3. The fourth-order valence-electron chi connectivity index (χ4n) is 4.04. The van der Waals surface area contributed by atoms with E-state index in [2.05, 4.69) is 32.7 Å². The zero-order chi connectivity index (χ0) is 22.1. The number of hydrogen-bond acceptors (Lipinski definition) is 6. The summed E-state index contributed by atoms with van der Waals surface area (Å²) in [5.74, 6) is 0.483. The maximum absolute atomic E-state index is 13.3. The van der Waals surface area contributed by atoms with Crippen LogP contribution in [-0.2, 0) is 17.6 Å². The van der Waals surface area contributed by atoms with Gasteiger partial charge in [-0.3, -0.25) is 14.2 Å². The summed E-state index contributed by atoms with van der Waals surface area (Å²) < 4.78 is 1.47. The van der Waals surface area contributed by atoms with E-state index in [-0.39, 0.29) is 29.7 Å². The predicted octanol–water partition coefficient (Wildman–Crippen LogP) is 2.21. The molecule has 0 aliphatic heterocycles. The number of amides is 1. The van der Waals surface area contributed by atoms with E-state index < -0.39 is 0 Å². The molecule has 8 heteroatoms. The van der Waals surface area contributed by atoms with Crippen LogP contribution >= 0.6 is 0 Å². The summed E-state index contributed by atoms with van der Waals surface area (Å²) in [7, 11) is 1.58. The van der Waals surface area contributed by atoms with Crippen LogP contribution in [0.1, 0.15) is 40.5 Å². The molecule has 1 atom stereocenters. The van der Waals surface area contributed by atoms with Crippen molar-refractivity contribution in [3.8, 4) is 5.82 Å². The Hall–Kier alpha value is -3.68. The van der Waals surface area contributed by atoms with Crippen molar-refractivity contribution >= 4 is 17.4 Å². The second kappa shape index (κ2) is 8.22. The van der Waals surface area contributed by atoms with Gasteiger partial charge in [0.25, 0.3) is 5.56 Å². The fraction of sp³-hybridized carbons (Fsp3) is 0.304. The van der Waals surface area contributed by atoms with Gasteiger partial charge in [-0.25, -0.2) is 9.97 Å². The molecule has 1 unspecified atom stereocenters. The van der Waals surface area contributed by atoms with Crippen molar-refractivity contribution in [1.29, 1.82) is 0 Å². The van der Waals surface area contributed by atoms with E-state index in [0.29, 0.717) is 22.9 Å². The molecule has 1 aromatic carbocycles. The lowest BCUT2D eigenvalue weighted by Crippen LogP contribution is -2.28. The van der Waals surface area contributed by atoms with E-state index in [0.717, 1.165) is 18.4 Å². The minimum Gasteiger partial charge on any atom is -0.396 e. The predicted molar refractivity (Wildman–Crippen MR) is 120 cm³/mol. The van der Waals surface area contributed by atoms with Gasteiger partial charge in [0.15, 0.2) is 11.6 Å². The van der Waals surface area contributed by atoms with E-state index in [1.807, 2.05) is 12.1 Å². The van der Waals surface area contributed by atoms with Crippen LogP contribution < -0.4 is 21.9 Å². The summed E-state index contributed by atoms with van der Waals surface area (Å²) in [4.78, 5) is 34.0. The number of pyridine rings is 1. The first-order chi connectivity index (χ1) is 14.9. The van der Waals surface area contributed by atoms with Gasteiger partial charge in [0.1, 0.15) is 0 Å². The summed E-state index contributed by atoms with van der Waals surface area (Å²) in [6, 6.07) is 9.98. The first-order valence-corrected chi connectivity index (χ1v) is 10.3.